The van der Waals surface area contributed by atoms with E-state index in [1.165, 1.54) is 96.2 Å². The minimum absolute atomic E-state index is 0.00312. The molecular weight excluding hydrogens is 584 g/mol. The van der Waals surface area contributed by atoms with E-state index in [4.69, 9.17) is 20.9 Å². The Labute approximate surface area is 276 Å². The molecule has 46 heavy (non-hydrogen) atoms. The summed E-state index contributed by atoms with van der Waals surface area (Å²) in [6.07, 6.45) is 24.1. The van der Waals surface area contributed by atoms with Crippen LogP contribution in [0.15, 0.2) is 11.1 Å². The van der Waals surface area contributed by atoms with Crippen LogP contribution in [-0.2, 0) is 25.6 Å². The van der Waals surface area contributed by atoms with E-state index in [9.17, 15) is 14.4 Å². The lowest BCUT2D eigenvalue weighted by Gasteiger charge is -2.22. The molecule has 11 heteroatoms. The highest BCUT2D eigenvalue weighted by Gasteiger charge is 2.23. The first-order valence-electron chi connectivity index (χ1n) is 18.0. The zero-order valence-corrected chi connectivity index (χ0v) is 28.9. The molecule has 2 heterocycles. The number of imidazole rings is 1. The number of nitrogens with zero attached hydrogens (tertiary/aromatic N) is 3. The number of unbranched alkanes of at least 4 members (excludes halogenated alkanes) is 16. The number of aromatic amines is 1. The molecule has 5 N–H and O–H groups in total. The van der Waals surface area contributed by atoms with Crippen molar-refractivity contribution in [1.29, 1.82) is 0 Å². The molecule has 2 atom stereocenters. The van der Waals surface area contributed by atoms with Crippen LogP contribution in [0, 0.1) is 5.92 Å². The molecule has 1 unspecified atom stereocenters. The van der Waals surface area contributed by atoms with Crippen molar-refractivity contribution in [2.24, 2.45) is 11.7 Å². The first kappa shape index (κ1) is 39.2. The van der Waals surface area contributed by atoms with Gasteiger partial charge >= 0.3 is 11.9 Å². The molecule has 0 amide bonds. The van der Waals surface area contributed by atoms with Gasteiger partial charge in [0, 0.05) is 25.8 Å². The van der Waals surface area contributed by atoms with E-state index >= 15 is 0 Å². The number of aryl methyl sites for hydroxylation is 1. The Morgan fingerprint density at radius 1 is 0.870 bits per heavy atom. The Morgan fingerprint density at radius 3 is 1.96 bits per heavy atom. The second-order valence-electron chi connectivity index (χ2n) is 13.1. The Hall–Kier alpha value is -2.95. The molecule has 0 saturated heterocycles. The molecule has 0 saturated carbocycles. The van der Waals surface area contributed by atoms with Gasteiger partial charge in [-0.25, -0.2) is 4.98 Å². The summed E-state index contributed by atoms with van der Waals surface area (Å²) in [5.41, 5.74) is 11.8. The molecule has 0 spiro atoms. The largest absolute Gasteiger partial charge is 0.466 e. The molecule has 11 nitrogen and oxygen atoms in total. The number of hydrogen-bond acceptors (Lipinski definition) is 9. The summed E-state index contributed by atoms with van der Waals surface area (Å²) < 4.78 is 12.9. The van der Waals surface area contributed by atoms with Gasteiger partial charge in [-0.05, 0) is 12.3 Å². The lowest BCUT2D eigenvalue weighted by Crippen LogP contribution is -2.39. The first-order valence-corrected chi connectivity index (χ1v) is 18.0. The summed E-state index contributed by atoms with van der Waals surface area (Å²) >= 11 is 0. The number of carbonyl (C=O) groups excluding carboxylic acids is 2. The molecule has 0 bridgehead atoms. The molecule has 2 aromatic rings. The van der Waals surface area contributed by atoms with Crippen LogP contribution in [-0.4, -0.2) is 50.2 Å². The van der Waals surface area contributed by atoms with E-state index in [-0.39, 0.29) is 30.0 Å². The average Bonchev–Trinajstić information content (AvgIpc) is 3.43. The van der Waals surface area contributed by atoms with Crippen LogP contribution in [0.3, 0.4) is 0 Å². The number of nitrogen functional groups attached to an aromatic ring is 1. The summed E-state index contributed by atoms with van der Waals surface area (Å²) in [5, 5.41) is 0. The number of aromatic nitrogens is 4. The Bertz CT molecular complexity index is 1180. The highest BCUT2D eigenvalue weighted by molar-refractivity contribution is 5.76. The zero-order chi connectivity index (χ0) is 33.6. The van der Waals surface area contributed by atoms with Crippen LogP contribution < -0.4 is 17.0 Å². The van der Waals surface area contributed by atoms with Crippen molar-refractivity contribution in [3.63, 3.8) is 0 Å². The van der Waals surface area contributed by atoms with Crippen LogP contribution in [0.4, 0.5) is 5.95 Å². The predicted octanol–water partition coefficient (Wildman–Crippen LogP) is 6.96. The standard InChI is InChI=1S/C35H62N6O5/c1-4-5-6-7-8-9-10-11-12-13-14-15-16-17-18-19-20-21-29(42)45-25-23-28(46-34(44)30(36)27(2)3)22-24-41-26-38-31-32(41)39-35(37)40-33(31)43/h26-28,30H,4-25,36H2,1-3H3,(H3,37,39,40,43)/t28?,30-/m0/s1. The fraction of sp³-hybridized carbons (Fsp3) is 0.800. The second-order valence-corrected chi connectivity index (χ2v) is 13.1. The van der Waals surface area contributed by atoms with Crippen molar-refractivity contribution in [2.45, 2.75) is 168 Å². The quantitative estimate of drug-likeness (QED) is 0.0686. The van der Waals surface area contributed by atoms with Gasteiger partial charge in [0.2, 0.25) is 5.95 Å². The van der Waals surface area contributed by atoms with Crippen LogP contribution in [0.5, 0.6) is 0 Å². The fourth-order valence-corrected chi connectivity index (χ4v) is 5.57. The molecule has 2 aromatic heterocycles. The molecule has 262 valence electrons. The molecule has 0 fully saturated rings. The van der Waals surface area contributed by atoms with E-state index < -0.39 is 23.7 Å². The van der Waals surface area contributed by atoms with Gasteiger partial charge in [0.1, 0.15) is 12.1 Å². The van der Waals surface area contributed by atoms with Gasteiger partial charge in [-0.1, -0.05) is 124 Å². The van der Waals surface area contributed by atoms with Crippen LogP contribution in [0.25, 0.3) is 11.2 Å². The van der Waals surface area contributed by atoms with Gasteiger partial charge < -0.3 is 25.5 Å². The number of nitrogens with two attached hydrogens (primary N) is 2. The third-order valence-electron chi connectivity index (χ3n) is 8.65. The third kappa shape index (κ3) is 16.1. The SMILES string of the molecule is CCCCCCCCCCCCCCCCCCCC(=O)OCCC(CCn1cnc2c(=O)[nH]c(N)nc21)OC(=O)[C@@H](N)C(C)C. The number of nitrogens with one attached hydrogen (secondary N) is 1. The van der Waals surface area contributed by atoms with E-state index in [0.29, 0.717) is 31.5 Å². The van der Waals surface area contributed by atoms with Crippen LogP contribution >= 0.6 is 0 Å². The molecule has 0 radical (unpaired) electrons. The fourth-order valence-electron chi connectivity index (χ4n) is 5.57. The maximum Gasteiger partial charge on any atom is 0.323 e. The topological polar surface area (TPSA) is 168 Å². The first-order chi connectivity index (χ1) is 22.2. The molecular formula is C35H62N6O5. The predicted molar refractivity (Wildman–Crippen MR) is 184 cm³/mol. The molecule has 0 aliphatic heterocycles. The lowest BCUT2D eigenvalue weighted by molar-refractivity contribution is -0.154. The summed E-state index contributed by atoms with van der Waals surface area (Å²) in [6.45, 7) is 6.49. The number of esters is 2. The van der Waals surface area contributed by atoms with Crippen molar-refractivity contribution >= 4 is 29.1 Å². The van der Waals surface area contributed by atoms with Crippen molar-refractivity contribution in [3.8, 4) is 0 Å². The summed E-state index contributed by atoms with van der Waals surface area (Å²) in [6, 6.07) is -0.751. The average molecular weight is 647 g/mol. The van der Waals surface area contributed by atoms with Gasteiger partial charge in [0.05, 0.1) is 12.9 Å². The number of rotatable bonds is 27. The van der Waals surface area contributed by atoms with Gasteiger partial charge in [0.15, 0.2) is 11.2 Å². The second kappa shape index (κ2) is 23.4. The smallest absolute Gasteiger partial charge is 0.323 e. The van der Waals surface area contributed by atoms with Gasteiger partial charge in [-0.15, -0.1) is 0 Å². The third-order valence-corrected chi connectivity index (χ3v) is 8.65. The van der Waals surface area contributed by atoms with Crippen molar-refractivity contribution < 1.29 is 19.1 Å². The van der Waals surface area contributed by atoms with E-state index in [1.54, 1.807) is 4.57 Å². The zero-order valence-electron chi connectivity index (χ0n) is 28.9. The van der Waals surface area contributed by atoms with Crippen molar-refractivity contribution in [3.05, 3.63) is 16.7 Å². The molecule has 0 aromatic carbocycles. The summed E-state index contributed by atoms with van der Waals surface area (Å²) in [5.74, 6) is -0.808. The Balaban J connectivity index is 1.59. The highest BCUT2D eigenvalue weighted by Crippen LogP contribution is 2.16. The maximum absolute atomic E-state index is 12.6. The lowest BCUT2D eigenvalue weighted by atomic mass is 10.0. The number of H-pyrrole nitrogens is 1. The van der Waals surface area contributed by atoms with E-state index in [1.807, 2.05) is 13.8 Å². The van der Waals surface area contributed by atoms with Crippen molar-refractivity contribution in [1.82, 2.24) is 19.5 Å². The number of anilines is 1. The maximum atomic E-state index is 12.6. The molecule has 2 rings (SSSR count). The van der Waals surface area contributed by atoms with Gasteiger partial charge in [0.25, 0.3) is 5.56 Å². The molecule has 0 aliphatic carbocycles. The van der Waals surface area contributed by atoms with Gasteiger partial charge in [-0.2, -0.15) is 4.98 Å². The Morgan fingerprint density at radius 2 is 1.41 bits per heavy atom. The monoisotopic (exact) mass is 646 g/mol. The summed E-state index contributed by atoms with van der Waals surface area (Å²) in [7, 11) is 0. The number of carbonyl (C=O) groups is 2. The molecule has 0 aliphatic rings. The van der Waals surface area contributed by atoms with Crippen molar-refractivity contribution in [2.75, 3.05) is 12.3 Å². The van der Waals surface area contributed by atoms with Gasteiger partial charge in [-0.3, -0.25) is 19.4 Å². The number of hydrogen-bond donors (Lipinski definition) is 3. The van der Waals surface area contributed by atoms with Crippen LogP contribution in [0.1, 0.15) is 149 Å². The number of fused-ring (bicyclic) bond motifs is 1. The normalized spacial score (nSPS) is 12.9. The minimum Gasteiger partial charge on any atom is -0.466 e. The highest BCUT2D eigenvalue weighted by atomic mass is 16.6. The summed E-state index contributed by atoms with van der Waals surface area (Å²) in [4.78, 5) is 47.8. The minimum atomic E-state index is -0.751. The number of ether oxygens (including phenoxy) is 2. The van der Waals surface area contributed by atoms with E-state index in [0.717, 1.165) is 19.3 Å². The van der Waals surface area contributed by atoms with E-state index in [2.05, 4.69) is 21.9 Å². The van der Waals surface area contributed by atoms with Crippen LogP contribution in [0.2, 0.25) is 0 Å². The Kier molecular flexibility index (Phi) is 19.9.